The third kappa shape index (κ3) is 3.41. The molecule has 0 spiro atoms. The van der Waals surface area contributed by atoms with Crippen LogP contribution in [0.1, 0.15) is 33.4 Å². The van der Waals surface area contributed by atoms with Crippen molar-refractivity contribution >= 4 is 28.5 Å². The minimum atomic E-state index is -0.304. The smallest absolute Gasteiger partial charge is 0.410 e. The summed E-state index contributed by atoms with van der Waals surface area (Å²) in [6, 6.07) is 7.43. The first-order chi connectivity index (χ1) is 11.6. The summed E-state index contributed by atoms with van der Waals surface area (Å²) in [5, 5.41) is 3.43. The summed E-state index contributed by atoms with van der Waals surface area (Å²) < 4.78 is 5.04. The molecule has 24 heavy (non-hydrogen) atoms. The van der Waals surface area contributed by atoms with Gasteiger partial charge >= 0.3 is 6.09 Å². The van der Waals surface area contributed by atoms with Gasteiger partial charge in [-0.05, 0) is 25.5 Å². The van der Waals surface area contributed by atoms with Crippen molar-refractivity contribution in [1.29, 1.82) is 0 Å². The summed E-state index contributed by atoms with van der Waals surface area (Å²) in [5.41, 5.74) is 2.50. The summed E-state index contributed by atoms with van der Waals surface area (Å²) in [4.78, 5) is 31.4. The van der Waals surface area contributed by atoms with Crippen LogP contribution >= 0.6 is 11.3 Å². The molecule has 0 bridgehead atoms. The van der Waals surface area contributed by atoms with Crippen LogP contribution in [-0.2, 0) is 17.7 Å². The van der Waals surface area contributed by atoms with Gasteiger partial charge in [0, 0.05) is 23.4 Å². The number of benzene rings is 1. The largest absolute Gasteiger partial charge is 0.450 e. The fourth-order valence-electron chi connectivity index (χ4n) is 2.61. The van der Waals surface area contributed by atoms with Gasteiger partial charge in [0.1, 0.15) is 0 Å². The molecule has 0 radical (unpaired) electrons. The first-order valence-electron chi connectivity index (χ1n) is 7.85. The van der Waals surface area contributed by atoms with Crippen molar-refractivity contribution in [2.75, 3.05) is 18.5 Å². The topological polar surface area (TPSA) is 71.5 Å². The van der Waals surface area contributed by atoms with Gasteiger partial charge in [0.2, 0.25) is 0 Å². The van der Waals surface area contributed by atoms with E-state index < -0.39 is 0 Å². The molecule has 7 heteroatoms. The Morgan fingerprint density at radius 1 is 1.38 bits per heavy atom. The van der Waals surface area contributed by atoms with E-state index in [0.29, 0.717) is 36.8 Å². The summed E-state index contributed by atoms with van der Waals surface area (Å²) in [6.45, 7) is 5.12. The highest BCUT2D eigenvalue weighted by Gasteiger charge is 2.25. The molecule has 2 aromatic rings. The van der Waals surface area contributed by atoms with Gasteiger partial charge in [0.25, 0.3) is 5.91 Å². The van der Waals surface area contributed by atoms with E-state index in [1.165, 1.54) is 11.3 Å². The van der Waals surface area contributed by atoms with Crippen molar-refractivity contribution < 1.29 is 14.3 Å². The lowest BCUT2D eigenvalue weighted by molar-refractivity contribution is 0.102. The number of nitrogens with one attached hydrogen (secondary N) is 1. The van der Waals surface area contributed by atoms with Gasteiger partial charge in [-0.15, -0.1) is 0 Å². The van der Waals surface area contributed by atoms with Gasteiger partial charge in [-0.2, -0.15) is 0 Å². The molecule has 1 aliphatic rings. The second-order valence-corrected chi connectivity index (χ2v) is 6.61. The number of rotatable bonds is 3. The molecule has 1 aromatic carbocycles. The van der Waals surface area contributed by atoms with Crippen LogP contribution in [0.2, 0.25) is 0 Å². The van der Waals surface area contributed by atoms with E-state index >= 15 is 0 Å². The van der Waals surface area contributed by atoms with Crippen molar-refractivity contribution in [3.05, 3.63) is 46.0 Å². The number of hydrogen-bond donors (Lipinski definition) is 1. The van der Waals surface area contributed by atoms with Gasteiger partial charge < -0.3 is 9.64 Å². The maximum atomic E-state index is 12.4. The molecule has 6 nitrogen and oxygen atoms in total. The van der Waals surface area contributed by atoms with E-state index in [0.717, 1.165) is 16.1 Å². The van der Waals surface area contributed by atoms with Crippen LogP contribution in [0.4, 0.5) is 9.93 Å². The Morgan fingerprint density at radius 3 is 2.92 bits per heavy atom. The zero-order valence-corrected chi connectivity index (χ0v) is 14.5. The molecular weight excluding hydrogens is 326 g/mol. The van der Waals surface area contributed by atoms with E-state index in [1.807, 2.05) is 25.1 Å². The molecule has 0 saturated carbocycles. The number of fused-ring (bicyclic) bond motifs is 1. The zero-order valence-electron chi connectivity index (χ0n) is 13.7. The number of anilines is 1. The van der Waals surface area contributed by atoms with Crippen LogP contribution in [0, 0.1) is 6.92 Å². The molecule has 0 unspecified atom stereocenters. The zero-order chi connectivity index (χ0) is 17.1. The normalized spacial score (nSPS) is 13.3. The van der Waals surface area contributed by atoms with E-state index in [-0.39, 0.29) is 12.0 Å². The van der Waals surface area contributed by atoms with Crippen LogP contribution in [0.3, 0.4) is 0 Å². The number of nitrogens with zero attached hydrogens (tertiary/aromatic N) is 2. The van der Waals surface area contributed by atoms with Gasteiger partial charge in [-0.25, -0.2) is 9.78 Å². The SMILES string of the molecule is CCOC(=O)N1CCc2nc(NC(=O)c3ccccc3C)sc2C1. The Morgan fingerprint density at radius 2 is 2.17 bits per heavy atom. The molecule has 1 aliphatic heterocycles. The van der Waals surface area contributed by atoms with E-state index in [9.17, 15) is 9.59 Å². The summed E-state index contributed by atoms with van der Waals surface area (Å²) in [5.74, 6) is -0.165. The molecule has 2 amide bonds. The van der Waals surface area contributed by atoms with Gasteiger partial charge in [0.05, 0.1) is 18.8 Å². The minimum Gasteiger partial charge on any atom is -0.450 e. The van der Waals surface area contributed by atoms with Crippen LogP contribution in [-0.4, -0.2) is 35.0 Å². The molecule has 0 fully saturated rings. The van der Waals surface area contributed by atoms with Gasteiger partial charge in [-0.1, -0.05) is 29.5 Å². The summed E-state index contributed by atoms with van der Waals surface area (Å²) in [6.07, 6.45) is 0.368. The Hall–Kier alpha value is -2.41. The van der Waals surface area contributed by atoms with E-state index in [2.05, 4.69) is 10.3 Å². The predicted molar refractivity (Wildman–Crippen MR) is 92.4 cm³/mol. The lowest BCUT2D eigenvalue weighted by atomic mass is 10.1. The predicted octanol–water partition coefficient (Wildman–Crippen LogP) is 3.22. The number of carbonyl (C=O) groups is 2. The molecule has 0 aliphatic carbocycles. The highest BCUT2D eigenvalue weighted by atomic mass is 32.1. The summed E-state index contributed by atoms with van der Waals surface area (Å²) in [7, 11) is 0. The number of carbonyl (C=O) groups excluding carboxylic acids is 2. The van der Waals surface area contributed by atoms with Crippen molar-refractivity contribution in [3.8, 4) is 0 Å². The Kier molecular flexibility index (Phi) is 4.80. The number of thiazole rings is 1. The number of aromatic nitrogens is 1. The fourth-order valence-corrected chi connectivity index (χ4v) is 3.63. The van der Waals surface area contributed by atoms with Gasteiger partial charge in [0.15, 0.2) is 5.13 Å². The van der Waals surface area contributed by atoms with Crippen LogP contribution in [0.5, 0.6) is 0 Å². The van der Waals surface area contributed by atoms with Crippen LogP contribution < -0.4 is 5.32 Å². The lowest BCUT2D eigenvalue weighted by Crippen LogP contribution is -2.35. The Balaban J connectivity index is 1.71. The molecular formula is C17H19N3O3S. The average Bonchev–Trinajstić information content (AvgIpc) is 2.96. The first kappa shape index (κ1) is 16.4. The Labute approximate surface area is 144 Å². The van der Waals surface area contributed by atoms with Crippen molar-refractivity contribution in [2.24, 2.45) is 0 Å². The Bertz CT molecular complexity index is 772. The van der Waals surface area contributed by atoms with Crippen molar-refractivity contribution in [1.82, 2.24) is 9.88 Å². The molecule has 0 saturated heterocycles. The quantitative estimate of drug-likeness (QED) is 0.927. The fraction of sp³-hybridized carbons (Fsp3) is 0.353. The third-order valence-electron chi connectivity index (χ3n) is 3.87. The van der Waals surface area contributed by atoms with Crippen molar-refractivity contribution in [3.63, 3.8) is 0 Å². The molecule has 1 N–H and O–H groups in total. The lowest BCUT2D eigenvalue weighted by Gasteiger charge is -2.24. The first-order valence-corrected chi connectivity index (χ1v) is 8.67. The van der Waals surface area contributed by atoms with E-state index in [4.69, 9.17) is 4.74 Å². The van der Waals surface area contributed by atoms with Crippen LogP contribution in [0.25, 0.3) is 0 Å². The highest BCUT2D eigenvalue weighted by molar-refractivity contribution is 7.15. The monoisotopic (exact) mass is 345 g/mol. The molecule has 2 heterocycles. The van der Waals surface area contributed by atoms with Crippen molar-refractivity contribution in [2.45, 2.75) is 26.8 Å². The molecule has 126 valence electrons. The molecule has 1 aromatic heterocycles. The van der Waals surface area contributed by atoms with Crippen LogP contribution in [0.15, 0.2) is 24.3 Å². The van der Waals surface area contributed by atoms with E-state index in [1.54, 1.807) is 17.9 Å². The molecule has 3 rings (SSSR count). The number of aryl methyl sites for hydroxylation is 1. The number of hydrogen-bond acceptors (Lipinski definition) is 5. The standard InChI is InChI=1S/C17H19N3O3S/c1-3-23-17(22)20-9-8-13-14(10-20)24-16(18-13)19-15(21)12-7-5-4-6-11(12)2/h4-7H,3,8-10H2,1-2H3,(H,18,19,21). The minimum absolute atomic E-state index is 0.165. The average molecular weight is 345 g/mol. The number of amides is 2. The van der Waals surface area contributed by atoms with Gasteiger partial charge in [-0.3, -0.25) is 10.1 Å². The second-order valence-electron chi connectivity index (χ2n) is 5.53. The highest BCUT2D eigenvalue weighted by Crippen LogP contribution is 2.29. The maximum absolute atomic E-state index is 12.4. The summed E-state index contributed by atoms with van der Waals surface area (Å²) >= 11 is 1.41. The second kappa shape index (κ2) is 7.00. The number of ether oxygens (including phenoxy) is 1. The third-order valence-corrected chi connectivity index (χ3v) is 4.87. The molecule has 0 atom stereocenters. The maximum Gasteiger partial charge on any atom is 0.410 e.